The first-order valence-corrected chi connectivity index (χ1v) is 5.54. The molecule has 0 radical (unpaired) electrons. The predicted octanol–water partition coefficient (Wildman–Crippen LogP) is 3.37. The van der Waals surface area contributed by atoms with E-state index in [1.807, 2.05) is 30.4 Å². The molecular formula is C15H14O2. The van der Waals surface area contributed by atoms with Crippen molar-refractivity contribution in [1.29, 1.82) is 0 Å². The molecule has 1 aromatic rings. The Kier molecular flexibility index (Phi) is 3.55. The minimum atomic E-state index is -0.284. The number of ether oxygens (including phenoxy) is 1. The van der Waals surface area contributed by atoms with Crippen molar-refractivity contribution in [3.63, 3.8) is 0 Å². The van der Waals surface area contributed by atoms with Gasteiger partial charge in [-0.3, -0.25) is 0 Å². The largest absolute Gasteiger partial charge is 0.458 e. The standard InChI is InChI=1S/C15H14O2/c1-2-12-7-9-14(10-8-12)15(16)17-11-13-5-3-4-6-13/h2-5,7-10H,1,6,11H2. The van der Waals surface area contributed by atoms with Gasteiger partial charge in [-0.1, -0.05) is 43.0 Å². The van der Waals surface area contributed by atoms with Crippen LogP contribution in [0.1, 0.15) is 22.3 Å². The highest BCUT2D eigenvalue weighted by molar-refractivity contribution is 5.89. The molecule has 1 aromatic carbocycles. The van der Waals surface area contributed by atoms with Gasteiger partial charge in [0, 0.05) is 0 Å². The van der Waals surface area contributed by atoms with Crippen molar-refractivity contribution in [2.75, 3.05) is 6.61 Å². The number of hydrogen-bond donors (Lipinski definition) is 0. The molecule has 0 saturated heterocycles. The number of rotatable bonds is 4. The number of carbonyl (C=O) groups is 1. The van der Waals surface area contributed by atoms with Crippen LogP contribution in [0.4, 0.5) is 0 Å². The highest BCUT2D eigenvalue weighted by Gasteiger charge is 2.08. The van der Waals surface area contributed by atoms with Crippen molar-refractivity contribution in [3.8, 4) is 0 Å². The summed E-state index contributed by atoms with van der Waals surface area (Å²) in [5.41, 5.74) is 2.69. The van der Waals surface area contributed by atoms with E-state index in [0.29, 0.717) is 12.2 Å². The van der Waals surface area contributed by atoms with E-state index in [1.54, 1.807) is 18.2 Å². The summed E-state index contributed by atoms with van der Waals surface area (Å²) in [6, 6.07) is 7.20. The molecule has 86 valence electrons. The summed E-state index contributed by atoms with van der Waals surface area (Å²) in [5.74, 6) is -0.284. The van der Waals surface area contributed by atoms with E-state index < -0.39 is 0 Å². The molecule has 0 unspecified atom stereocenters. The third-order valence-corrected chi connectivity index (χ3v) is 2.62. The monoisotopic (exact) mass is 226 g/mol. The molecule has 2 rings (SSSR count). The number of esters is 1. The van der Waals surface area contributed by atoms with E-state index in [0.717, 1.165) is 17.6 Å². The van der Waals surface area contributed by atoms with Crippen molar-refractivity contribution < 1.29 is 9.53 Å². The maximum absolute atomic E-state index is 11.7. The van der Waals surface area contributed by atoms with Gasteiger partial charge in [0.15, 0.2) is 0 Å². The Balaban J connectivity index is 1.92. The summed E-state index contributed by atoms with van der Waals surface area (Å²) in [6.45, 7) is 4.03. The summed E-state index contributed by atoms with van der Waals surface area (Å²) < 4.78 is 5.21. The molecule has 0 atom stereocenters. The van der Waals surface area contributed by atoms with Crippen LogP contribution in [0.15, 0.2) is 54.6 Å². The fraction of sp³-hybridized carbons (Fsp3) is 0.133. The molecular weight excluding hydrogens is 212 g/mol. The lowest BCUT2D eigenvalue weighted by Gasteiger charge is -2.05. The summed E-state index contributed by atoms with van der Waals surface area (Å²) in [4.78, 5) is 11.7. The maximum atomic E-state index is 11.7. The second-order valence-electron chi connectivity index (χ2n) is 3.86. The Hall–Kier alpha value is -2.09. The number of hydrogen-bond acceptors (Lipinski definition) is 2. The molecule has 1 aliphatic rings. The van der Waals surface area contributed by atoms with E-state index in [1.165, 1.54) is 0 Å². The molecule has 0 aromatic heterocycles. The highest BCUT2D eigenvalue weighted by Crippen LogP contribution is 2.12. The van der Waals surface area contributed by atoms with Crippen molar-refractivity contribution in [2.24, 2.45) is 0 Å². The van der Waals surface area contributed by atoms with Gasteiger partial charge < -0.3 is 4.74 Å². The minimum absolute atomic E-state index is 0.284. The smallest absolute Gasteiger partial charge is 0.338 e. The van der Waals surface area contributed by atoms with E-state index in [9.17, 15) is 4.79 Å². The molecule has 2 nitrogen and oxygen atoms in total. The number of carbonyl (C=O) groups excluding carboxylic acids is 1. The zero-order valence-corrected chi connectivity index (χ0v) is 9.56. The van der Waals surface area contributed by atoms with Crippen molar-refractivity contribution >= 4 is 12.0 Å². The molecule has 0 saturated carbocycles. The lowest BCUT2D eigenvalue weighted by molar-refractivity contribution is 0.0539. The normalized spacial score (nSPS) is 13.3. The summed E-state index contributed by atoms with van der Waals surface area (Å²) in [6.07, 6.45) is 8.62. The van der Waals surface area contributed by atoms with Crippen molar-refractivity contribution in [2.45, 2.75) is 6.42 Å². The molecule has 0 aliphatic heterocycles. The highest BCUT2D eigenvalue weighted by atomic mass is 16.5. The third kappa shape index (κ3) is 2.94. The lowest BCUT2D eigenvalue weighted by atomic mass is 10.1. The second kappa shape index (κ2) is 5.30. The summed E-state index contributed by atoms with van der Waals surface area (Å²) in [5, 5.41) is 0. The first-order chi connectivity index (χ1) is 8.29. The van der Waals surface area contributed by atoms with Gasteiger partial charge in [-0.15, -0.1) is 0 Å². The van der Waals surface area contributed by atoms with Gasteiger partial charge in [0.2, 0.25) is 0 Å². The molecule has 0 bridgehead atoms. The number of allylic oxidation sites excluding steroid dienone is 3. The van der Waals surface area contributed by atoms with Gasteiger partial charge in [-0.05, 0) is 29.7 Å². The maximum Gasteiger partial charge on any atom is 0.338 e. The molecule has 0 amide bonds. The van der Waals surface area contributed by atoms with Gasteiger partial charge in [0.05, 0.1) is 5.56 Å². The van der Waals surface area contributed by atoms with Crippen LogP contribution in [0.5, 0.6) is 0 Å². The lowest BCUT2D eigenvalue weighted by Crippen LogP contribution is -2.07. The number of benzene rings is 1. The van der Waals surface area contributed by atoms with Crippen molar-refractivity contribution in [3.05, 3.63) is 65.8 Å². The minimum Gasteiger partial charge on any atom is -0.458 e. The van der Waals surface area contributed by atoms with Crippen LogP contribution >= 0.6 is 0 Å². The molecule has 0 fully saturated rings. The van der Waals surface area contributed by atoms with Gasteiger partial charge in [-0.2, -0.15) is 0 Å². The molecule has 0 heterocycles. The van der Waals surface area contributed by atoms with Crippen LogP contribution in [0, 0.1) is 0 Å². The van der Waals surface area contributed by atoms with E-state index in [2.05, 4.69) is 6.58 Å². The van der Waals surface area contributed by atoms with Gasteiger partial charge in [-0.25, -0.2) is 4.79 Å². The van der Waals surface area contributed by atoms with Gasteiger partial charge in [0.1, 0.15) is 6.61 Å². The van der Waals surface area contributed by atoms with E-state index in [-0.39, 0.29) is 5.97 Å². The molecule has 2 heteroatoms. The van der Waals surface area contributed by atoms with E-state index >= 15 is 0 Å². The van der Waals surface area contributed by atoms with Crippen LogP contribution in [-0.2, 0) is 4.74 Å². The van der Waals surface area contributed by atoms with Gasteiger partial charge >= 0.3 is 5.97 Å². The third-order valence-electron chi connectivity index (χ3n) is 2.62. The van der Waals surface area contributed by atoms with E-state index in [4.69, 9.17) is 4.74 Å². The van der Waals surface area contributed by atoms with Crippen LogP contribution in [0.3, 0.4) is 0 Å². The predicted molar refractivity (Wildman–Crippen MR) is 68.7 cm³/mol. The van der Waals surface area contributed by atoms with Crippen LogP contribution in [0.2, 0.25) is 0 Å². The zero-order valence-electron chi connectivity index (χ0n) is 9.56. The SMILES string of the molecule is C=Cc1ccc(C(=O)OCC2=CC=CC2)cc1. The molecule has 17 heavy (non-hydrogen) atoms. The van der Waals surface area contributed by atoms with Crippen LogP contribution in [-0.4, -0.2) is 12.6 Å². The average Bonchev–Trinajstić information content (AvgIpc) is 2.89. The molecule has 0 spiro atoms. The fourth-order valence-electron chi connectivity index (χ4n) is 1.60. The Bertz CT molecular complexity index is 478. The Morgan fingerprint density at radius 3 is 2.71 bits per heavy atom. The quantitative estimate of drug-likeness (QED) is 0.736. The Morgan fingerprint density at radius 1 is 1.35 bits per heavy atom. The van der Waals surface area contributed by atoms with Crippen molar-refractivity contribution in [1.82, 2.24) is 0 Å². The average molecular weight is 226 g/mol. The Morgan fingerprint density at radius 2 is 2.12 bits per heavy atom. The first kappa shape index (κ1) is 11.4. The first-order valence-electron chi connectivity index (χ1n) is 5.54. The zero-order chi connectivity index (χ0) is 12.1. The summed E-state index contributed by atoms with van der Waals surface area (Å²) >= 11 is 0. The summed E-state index contributed by atoms with van der Waals surface area (Å²) in [7, 11) is 0. The Labute approximate surface area is 101 Å². The molecule has 0 N–H and O–H groups in total. The molecule has 1 aliphatic carbocycles. The van der Waals surface area contributed by atoms with Crippen LogP contribution < -0.4 is 0 Å². The second-order valence-corrected chi connectivity index (χ2v) is 3.86. The van der Waals surface area contributed by atoms with Crippen LogP contribution in [0.25, 0.3) is 6.08 Å². The fourth-order valence-corrected chi connectivity index (χ4v) is 1.60. The topological polar surface area (TPSA) is 26.3 Å². The van der Waals surface area contributed by atoms with Gasteiger partial charge in [0.25, 0.3) is 0 Å².